The van der Waals surface area contributed by atoms with E-state index < -0.39 is 14.9 Å². The van der Waals surface area contributed by atoms with Gasteiger partial charge >= 0.3 is 29.6 Å². The standard InChI is InChI=1S/C6H4ClN2O4S.CH4.Na/c7-8-14(12,13)6-3-1-5(2-4-6)9(10)11;;/h1-4H;1H4;/q-1;;+1. The maximum absolute atomic E-state index is 11.0. The summed E-state index contributed by atoms with van der Waals surface area (Å²) in [5, 5.41) is 10.2. The first-order valence-electron chi connectivity index (χ1n) is 3.30. The van der Waals surface area contributed by atoms with E-state index in [2.05, 4.69) is 4.24 Å². The van der Waals surface area contributed by atoms with Crippen LogP contribution in [0.1, 0.15) is 7.43 Å². The molecule has 0 atom stereocenters. The molecule has 0 bridgehead atoms. The average molecular weight is 275 g/mol. The molecule has 84 valence electrons. The Labute approximate surface area is 121 Å². The van der Waals surface area contributed by atoms with E-state index in [0.717, 1.165) is 24.3 Å². The van der Waals surface area contributed by atoms with Crippen LogP contribution in [0.5, 0.6) is 0 Å². The normalized spacial score (nSPS) is 9.81. The average Bonchev–Trinajstić information content (AvgIpc) is 2.18. The molecule has 6 nitrogen and oxygen atoms in total. The van der Waals surface area contributed by atoms with Crippen LogP contribution >= 0.6 is 11.8 Å². The molecular formula is C7H8ClN2NaO4S. The number of benzene rings is 1. The number of hydrogen-bond donors (Lipinski definition) is 0. The summed E-state index contributed by atoms with van der Waals surface area (Å²) in [6.45, 7) is 0. The maximum atomic E-state index is 11.0. The SMILES string of the molecule is C.O=[N+]([O-])c1ccc(S(=O)(=O)[N-]Cl)cc1.[Na+]. The zero-order valence-corrected chi connectivity index (χ0v) is 11.2. The number of non-ortho nitro benzene ring substituents is 1. The van der Waals surface area contributed by atoms with Crippen molar-refractivity contribution >= 4 is 27.5 Å². The third-order valence-corrected chi connectivity index (χ3v) is 3.03. The number of hydrogen-bond acceptors (Lipinski definition) is 4. The van der Waals surface area contributed by atoms with Gasteiger partial charge in [-0.2, -0.15) is 0 Å². The largest absolute Gasteiger partial charge is 1.00 e. The van der Waals surface area contributed by atoms with E-state index in [1.54, 1.807) is 0 Å². The number of nitro benzene ring substituents is 1. The van der Waals surface area contributed by atoms with Gasteiger partial charge in [-0.15, -0.1) is 0 Å². The Morgan fingerprint density at radius 1 is 1.25 bits per heavy atom. The first-order chi connectivity index (χ1) is 6.47. The minimum absolute atomic E-state index is 0. The Balaban J connectivity index is 0. The predicted molar refractivity (Wildman–Crippen MR) is 56.2 cm³/mol. The van der Waals surface area contributed by atoms with E-state index in [9.17, 15) is 18.5 Å². The second-order valence-electron chi connectivity index (χ2n) is 2.30. The Morgan fingerprint density at radius 3 is 2.00 bits per heavy atom. The monoisotopic (exact) mass is 274 g/mol. The molecule has 0 spiro atoms. The van der Waals surface area contributed by atoms with Crippen LogP contribution in [0.3, 0.4) is 0 Å². The van der Waals surface area contributed by atoms with Crippen LogP contribution < -0.4 is 29.6 Å². The first-order valence-corrected chi connectivity index (χ1v) is 5.08. The number of halogens is 1. The van der Waals surface area contributed by atoms with E-state index in [1.165, 1.54) is 0 Å². The van der Waals surface area contributed by atoms with E-state index in [0.29, 0.717) is 0 Å². The Kier molecular flexibility index (Phi) is 8.19. The summed E-state index contributed by atoms with van der Waals surface area (Å²) in [4.78, 5) is 9.43. The molecule has 0 unspecified atom stereocenters. The molecule has 0 aromatic heterocycles. The van der Waals surface area contributed by atoms with Gasteiger partial charge in [0.25, 0.3) is 5.69 Å². The van der Waals surface area contributed by atoms with Gasteiger partial charge < -0.3 is 4.24 Å². The fourth-order valence-corrected chi connectivity index (χ4v) is 1.58. The van der Waals surface area contributed by atoms with Crippen LogP contribution in [0.25, 0.3) is 4.24 Å². The van der Waals surface area contributed by atoms with Crippen molar-refractivity contribution in [2.45, 2.75) is 12.3 Å². The number of nitrogens with zero attached hydrogens (tertiary/aromatic N) is 2. The molecule has 1 aromatic rings. The van der Waals surface area contributed by atoms with Crippen molar-refractivity contribution in [3.8, 4) is 0 Å². The molecule has 0 fully saturated rings. The molecule has 0 aliphatic heterocycles. The molecule has 9 heteroatoms. The third-order valence-electron chi connectivity index (χ3n) is 1.44. The van der Waals surface area contributed by atoms with Crippen molar-refractivity contribution in [2.75, 3.05) is 0 Å². The van der Waals surface area contributed by atoms with Crippen molar-refractivity contribution in [1.82, 2.24) is 0 Å². The van der Waals surface area contributed by atoms with Crippen LogP contribution in [-0.2, 0) is 10.0 Å². The van der Waals surface area contributed by atoms with Crippen molar-refractivity contribution in [3.63, 3.8) is 0 Å². The zero-order chi connectivity index (χ0) is 10.8. The summed E-state index contributed by atoms with van der Waals surface area (Å²) < 4.78 is 24.7. The quantitative estimate of drug-likeness (QED) is 0.420. The van der Waals surface area contributed by atoms with Crippen molar-refractivity contribution in [2.24, 2.45) is 0 Å². The number of nitro groups is 1. The van der Waals surface area contributed by atoms with Crippen LogP contribution in [0.2, 0.25) is 0 Å². The van der Waals surface area contributed by atoms with Gasteiger partial charge in [-0.25, -0.2) is 8.42 Å². The summed E-state index contributed by atoms with van der Waals surface area (Å²) in [6.07, 6.45) is 0. The third kappa shape index (κ3) is 4.36. The molecule has 0 radical (unpaired) electrons. The van der Waals surface area contributed by atoms with E-state index in [-0.39, 0.29) is 47.6 Å². The molecule has 0 amide bonds. The van der Waals surface area contributed by atoms with E-state index in [1.807, 2.05) is 0 Å². The van der Waals surface area contributed by atoms with Crippen LogP contribution in [0.15, 0.2) is 29.2 Å². The Hall–Kier alpha value is -0.180. The topological polar surface area (TPSA) is 91.4 Å². The number of sulfonamides is 1. The summed E-state index contributed by atoms with van der Waals surface area (Å²) >= 11 is 4.83. The summed E-state index contributed by atoms with van der Waals surface area (Å²) in [5.41, 5.74) is -0.196. The molecule has 1 rings (SSSR count). The fourth-order valence-electron chi connectivity index (χ4n) is 0.780. The van der Waals surface area contributed by atoms with Gasteiger partial charge in [0.15, 0.2) is 0 Å². The molecule has 0 aliphatic carbocycles. The van der Waals surface area contributed by atoms with Gasteiger partial charge in [0.2, 0.25) is 0 Å². The molecule has 0 aliphatic rings. The molecule has 1 aromatic carbocycles. The van der Waals surface area contributed by atoms with E-state index >= 15 is 0 Å². The molecule has 0 saturated carbocycles. The maximum Gasteiger partial charge on any atom is 1.00 e. The number of rotatable bonds is 3. The van der Waals surface area contributed by atoms with E-state index in [4.69, 9.17) is 11.8 Å². The second-order valence-corrected chi connectivity index (χ2v) is 4.27. The van der Waals surface area contributed by atoms with Crippen LogP contribution in [0.4, 0.5) is 5.69 Å². The zero-order valence-electron chi connectivity index (χ0n) is 7.62. The smallest absolute Gasteiger partial charge is 0.458 e. The van der Waals surface area contributed by atoms with Gasteiger partial charge in [-0.3, -0.25) is 21.9 Å². The first kappa shape index (κ1) is 18.2. The molecular weight excluding hydrogens is 267 g/mol. The summed E-state index contributed by atoms with van der Waals surface area (Å²) in [6, 6.07) is 4.27. The van der Waals surface area contributed by atoms with Gasteiger partial charge in [0, 0.05) is 17.0 Å². The van der Waals surface area contributed by atoms with Crippen molar-refractivity contribution in [1.29, 1.82) is 0 Å². The Morgan fingerprint density at radius 2 is 1.69 bits per heavy atom. The Bertz CT molecular complexity index is 448. The van der Waals surface area contributed by atoms with Crippen molar-refractivity contribution in [3.05, 3.63) is 38.6 Å². The predicted octanol–water partition coefficient (Wildman–Crippen LogP) is -0.549. The molecule has 0 saturated heterocycles. The molecule has 0 heterocycles. The summed E-state index contributed by atoms with van der Waals surface area (Å²) in [5.74, 6) is 0. The second kappa shape index (κ2) is 7.21. The van der Waals surface area contributed by atoms with Gasteiger partial charge in [-0.05, 0) is 12.1 Å². The van der Waals surface area contributed by atoms with Gasteiger partial charge in [0.05, 0.1) is 4.92 Å². The minimum atomic E-state index is -3.87. The van der Waals surface area contributed by atoms with Crippen LogP contribution in [-0.4, -0.2) is 13.3 Å². The summed E-state index contributed by atoms with van der Waals surface area (Å²) in [7, 11) is -3.87. The van der Waals surface area contributed by atoms with Crippen molar-refractivity contribution < 1.29 is 42.9 Å². The molecule has 0 N–H and O–H groups in total. The minimum Gasteiger partial charge on any atom is -0.458 e. The fraction of sp³-hybridized carbons (Fsp3) is 0.143. The van der Waals surface area contributed by atoms with Crippen LogP contribution in [0, 0.1) is 10.1 Å². The molecule has 16 heavy (non-hydrogen) atoms. The van der Waals surface area contributed by atoms with Gasteiger partial charge in [-0.1, -0.05) is 7.43 Å². The van der Waals surface area contributed by atoms with Gasteiger partial charge in [0.1, 0.15) is 10.0 Å².